The van der Waals surface area contributed by atoms with Gasteiger partial charge >= 0.3 is 0 Å². The van der Waals surface area contributed by atoms with Crippen LogP contribution in [-0.4, -0.2) is 51.1 Å². The molecular weight excluding hydrogens is 412 g/mol. The molecule has 6 heteroatoms. The zero-order valence-electron chi connectivity index (χ0n) is 19.8. The van der Waals surface area contributed by atoms with Gasteiger partial charge in [0.2, 0.25) is 0 Å². The summed E-state index contributed by atoms with van der Waals surface area (Å²) < 4.78 is 12.1. The molecule has 0 aliphatic carbocycles. The van der Waals surface area contributed by atoms with Gasteiger partial charge < -0.3 is 20.1 Å². The molecule has 2 aromatic carbocycles. The first-order chi connectivity index (χ1) is 16.2. The van der Waals surface area contributed by atoms with Crippen molar-refractivity contribution in [3.8, 4) is 11.5 Å². The van der Waals surface area contributed by atoms with Crippen molar-refractivity contribution in [3.63, 3.8) is 0 Å². The summed E-state index contributed by atoms with van der Waals surface area (Å²) in [6, 6.07) is 16.4. The highest BCUT2D eigenvalue weighted by Crippen LogP contribution is 2.19. The lowest BCUT2D eigenvalue weighted by Crippen LogP contribution is -2.30. The van der Waals surface area contributed by atoms with Crippen LogP contribution in [0.15, 0.2) is 58.5 Å². The molecule has 2 aliphatic heterocycles. The summed E-state index contributed by atoms with van der Waals surface area (Å²) in [6.07, 6.45) is 3.26. The molecule has 33 heavy (non-hydrogen) atoms. The second-order valence-corrected chi connectivity index (χ2v) is 9.14. The van der Waals surface area contributed by atoms with Crippen LogP contribution in [0.25, 0.3) is 0 Å². The van der Waals surface area contributed by atoms with Crippen LogP contribution in [0.5, 0.6) is 11.5 Å². The van der Waals surface area contributed by atoms with E-state index >= 15 is 0 Å². The van der Waals surface area contributed by atoms with E-state index in [4.69, 9.17) is 9.47 Å². The molecular formula is C27H36N4O2. The van der Waals surface area contributed by atoms with Crippen LogP contribution in [0.4, 0.5) is 0 Å². The Morgan fingerprint density at radius 1 is 0.697 bits per heavy atom. The number of aliphatic imine (C=N–C) groups is 2. The molecule has 0 radical (unpaired) electrons. The molecule has 0 spiro atoms. The molecule has 2 atom stereocenters. The van der Waals surface area contributed by atoms with Crippen molar-refractivity contribution in [2.24, 2.45) is 21.8 Å². The number of rotatable bonds is 10. The largest absolute Gasteiger partial charge is 0.493 e. The number of nitrogens with one attached hydrogen (secondary N) is 2. The SMILES string of the molecule is CC(COc1ccc(C2=NCCCN2)cc1)CC(C)COc1ccc(C2=NCCCN2)cc1. The number of ether oxygens (including phenoxy) is 2. The molecule has 0 bridgehead atoms. The van der Waals surface area contributed by atoms with Gasteiger partial charge in [-0.1, -0.05) is 13.8 Å². The van der Waals surface area contributed by atoms with E-state index in [1.165, 1.54) is 0 Å². The topological polar surface area (TPSA) is 67.2 Å². The first-order valence-corrected chi connectivity index (χ1v) is 12.2. The highest BCUT2D eigenvalue weighted by atomic mass is 16.5. The molecule has 0 amide bonds. The summed E-state index contributed by atoms with van der Waals surface area (Å²) in [5.74, 6) is 4.69. The maximum absolute atomic E-state index is 6.03. The number of hydrogen-bond donors (Lipinski definition) is 2. The first-order valence-electron chi connectivity index (χ1n) is 12.2. The van der Waals surface area contributed by atoms with Crippen LogP contribution < -0.4 is 20.1 Å². The van der Waals surface area contributed by atoms with Crippen LogP contribution in [0, 0.1) is 11.8 Å². The minimum atomic E-state index is 0.449. The van der Waals surface area contributed by atoms with Gasteiger partial charge in [0.05, 0.1) is 13.2 Å². The van der Waals surface area contributed by atoms with Crippen molar-refractivity contribution < 1.29 is 9.47 Å². The minimum Gasteiger partial charge on any atom is -0.493 e. The summed E-state index contributed by atoms with van der Waals surface area (Å²) in [7, 11) is 0. The normalized spacial score (nSPS) is 17.6. The fourth-order valence-electron chi connectivity index (χ4n) is 4.17. The van der Waals surface area contributed by atoms with Crippen molar-refractivity contribution in [3.05, 3.63) is 59.7 Å². The molecule has 0 saturated carbocycles. The predicted octanol–water partition coefficient (Wildman–Crippen LogP) is 4.29. The third kappa shape index (κ3) is 6.98. The van der Waals surface area contributed by atoms with Crippen molar-refractivity contribution >= 4 is 11.7 Å². The quantitative estimate of drug-likeness (QED) is 0.569. The number of amidine groups is 2. The lowest BCUT2D eigenvalue weighted by atomic mass is 9.99. The number of nitrogens with zero attached hydrogens (tertiary/aromatic N) is 2. The molecule has 2 unspecified atom stereocenters. The average molecular weight is 449 g/mol. The van der Waals surface area contributed by atoms with E-state index in [1.807, 2.05) is 24.3 Å². The van der Waals surface area contributed by atoms with Gasteiger partial charge in [0, 0.05) is 37.3 Å². The monoisotopic (exact) mass is 448 g/mol. The number of hydrogen-bond acceptors (Lipinski definition) is 6. The zero-order chi connectivity index (χ0) is 22.9. The fourth-order valence-corrected chi connectivity index (χ4v) is 4.17. The lowest BCUT2D eigenvalue weighted by Gasteiger charge is -2.19. The number of benzene rings is 2. The Kier molecular flexibility index (Phi) is 8.23. The van der Waals surface area contributed by atoms with E-state index in [2.05, 4.69) is 58.7 Å². The molecule has 2 N–H and O–H groups in total. The maximum Gasteiger partial charge on any atom is 0.128 e. The molecule has 4 rings (SSSR count). The smallest absolute Gasteiger partial charge is 0.128 e. The lowest BCUT2D eigenvalue weighted by molar-refractivity contribution is 0.198. The van der Waals surface area contributed by atoms with Gasteiger partial charge in [-0.2, -0.15) is 0 Å². The van der Waals surface area contributed by atoms with Crippen LogP contribution in [0.1, 0.15) is 44.2 Å². The van der Waals surface area contributed by atoms with Gasteiger partial charge in [0.1, 0.15) is 23.2 Å². The third-order valence-corrected chi connectivity index (χ3v) is 5.92. The van der Waals surface area contributed by atoms with E-state index in [9.17, 15) is 0 Å². The summed E-state index contributed by atoms with van der Waals surface area (Å²) >= 11 is 0. The van der Waals surface area contributed by atoms with Crippen LogP contribution >= 0.6 is 0 Å². The second kappa shape index (κ2) is 11.7. The molecule has 176 valence electrons. The van der Waals surface area contributed by atoms with Gasteiger partial charge in [0.15, 0.2) is 0 Å². The Labute approximate surface area is 197 Å². The maximum atomic E-state index is 6.03. The van der Waals surface area contributed by atoms with E-state index in [-0.39, 0.29) is 0 Å². The fraction of sp³-hybridized carbons (Fsp3) is 0.481. The zero-order valence-corrected chi connectivity index (χ0v) is 19.8. The van der Waals surface area contributed by atoms with Crippen molar-refractivity contribution in [1.82, 2.24) is 10.6 Å². The molecule has 2 heterocycles. The van der Waals surface area contributed by atoms with Crippen LogP contribution in [-0.2, 0) is 0 Å². The molecule has 2 aliphatic rings. The summed E-state index contributed by atoms with van der Waals surface area (Å²) in [5.41, 5.74) is 2.24. The van der Waals surface area contributed by atoms with Gasteiger partial charge in [-0.25, -0.2) is 0 Å². The van der Waals surface area contributed by atoms with Gasteiger partial charge in [-0.15, -0.1) is 0 Å². The standard InChI is InChI=1S/C27H36N4O2/c1-20(18-32-24-9-5-22(6-10-24)26-28-13-3-14-29-26)17-21(2)19-33-25-11-7-23(8-12-25)27-30-15-4-16-31-27/h5-12,20-21H,3-4,13-19H2,1-2H3,(H,28,29)(H,30,31). The van der Waals surface area contributed by atoms with E-state index in [0.29, 0.717) is 25.0 Å². The highest BCUT2D eigenvalue weighted by molar-refractivity contribution is 5.99. The molecule has 0 fully saturated rings. The average Bonchev–Trinajstić information content (AvgIpc) is 2.88. The Hall–Kier alpha value is -3.02. The third-order valence-electron chi connectivity index (χ3n) is 5.92. The summed E-state index contributed by atoms with van der Waals surface area (Å²) in [5, 5.41) is 6.71. The van der Waals surface area contributed by atoms with Crippen molar-refractivity contribution in [2.45, 2.75) is 33.1 Å². The van der Waals surface area contributed by atoms with Gasteiger partial charge in [-0.05, 0) is 79.6 Å². The summed E-state index contributed by atoms with van der Waals surface area (Å²) in [6.45, 7) is 9.66. The predicted molar refractivity (Wildman–Crippen MR) is 135 cm³/mol. The van der Waals surface area contributed by atoms with Crippen LogP contribution in [0.3, 0.4) is 0 Å². The van der Waals surface area contributed by atoms with E-state index in [1.54, 1.807) is 0 Å². The van der Waals surface area contributed by atoms with Crippen molar-refractivity contribution in [2.75, 3.05) is 39.4 Å². The van der Waals surface area contributed by atoms with Gasteiger partial charge in [-0.3, -0.25) is 9.98 Å². The van der Waals surface area contributed by atoms with Crippen molar-refractivity contribution in [1.29, 1.82) is 0 Å². The Morgan fingerprint density at radius 3 is 1.48 bits per heavy atom. The molecule has 0 aromatic heterocycles. The van der Waals surface area contributed by atoms with Crippen LogP contribution in [0.2, 0.25) is 0 Å². The Balaban J connectivity index is 1.17. The molecule has 2 aromatic rings. The second-order valence-electron chi connectivity index (χ2n) is 9.14. The van der Waals surface area contributed by atoms with E-state index < -0.39 is 0 Å². The molecule has 0 saturated heterocycles. The van der Waals surface area contributed by atoms with E-state index in [0.717, 1.165) is 79.7 Å². The first kappa shape index (κ1) is 23.1. The summed E-state index contributed by atoms with van der Waals surface area (Å²) in [4.78, 5) is 9.09. The minimum absolute atomic E-state index is 0.449. The Morgan fingerprint density at radius 2 is 1.12 bits per heavy atom. The molecule has 6 nitrogen and oxygen atoms in total. The Bertz CT molecular complexity index is 860. The highest BCUT2D eigenvalue weighted by Gasteiger charge is 2.12. The van der Waals surface area contributed by atoms with Gasteiger partial charge in [0.25, 0.3) is 0 Å².